The maximum absolute atomic E-state index is 9.60. The molecule has 0 aliphatic heterocycles. The molecule has 3 N–H and O–H groups in total. The normalized spacial score (nSPS) is 6.12. The summed E-state index contributed by atoms with van der Waals surface area (Å²) in [6, 6.07) is 0. The summed E-state index contributed by atoms with van der Waals surface area (Å²) in [4.78, 5) is 9.60. The van der Waals surface area contributed by atoms with Crippen LogP contribution in [0.15, 0.2) is 0 Å². The number of aliphatic carboxylic acids is 1. The Bertz CT molecular complexity index is 55.2. The minimum absolute atomic E-state index is 0. The van der Waals surface area contributed by atoms with Gasteiger partial charge in [0.25, 0.3) is 0 Å². The molecule has 0 spiro atoms. The van der Waals surface area contributed by atoms with Crippen molar-refractivity contribution in [3.05, 3.63) is 0 Å². The van der Waals surface area contributed by atoms with Gasteiger partial charge in [0, 0.05) is 37.5 Å². The van der Waals surface area contributed by atoms with Crippen molar-refractivity contribution in [2.45, 2.75) is 19.8 Å². The number of rotatable bonds is 2. The Balaban J connectivity index is -0.000000125. The van der Waals surface area contributed by atoms with Gasteiger partial charge in [-0.3, -0.25) is 4.79 Å². The Kier molecular flexibility index (Phi) is 20.7. The Morgan fingerprint density at radius 1 is 1.62 bits per heavy atom. The topological polar surface area (TPSA) is 68.8 Å². The maximum Gasteiger partial charge on any atom is 0.303 e. The van der Waals surface area contributed by atoms with E-state index in [9.17, 15) is 4.79 Å². The van der Waals surface area contributed by atoms with Crippen LogP contribution in [0.4, 0.5) is 0 Å². The zero-order valence-corrected chi connectivity index (χ0v) is 8.93. The molecule has 0 fully saturated rings. The van der Waals surface area contributed by atoms with E-state index in [4.69, 9.17) is 5.11 Å². The summed E-state index contributed by atoms with van der Waals surface area (Å²) in [5, 5.41) is 7.91. The molecule has 8 heavy (non-hydrogen) atoms. The predicted octanol–water partition coefficient (Wildman–Crippen LogP) is 0.0464. The van der Waals surface area contributed by atoms with Gasteiger partial charge >= 0.3 is 5.97 Å². The van der Waals surface area contributed by atoms with E-state index in [-0.39, 0.29) is 36.6 Å². The van der Waals surface area contributed by atoms with Crippen LogP contribution in [0.2, 0.25) is 0 Å². The number of hydrogen-bond donors (Lipinski definition) is 1. The minimum atomic E-state index is -0.711. The first kappa shape index (κ1) is 15.8. The Morgan fingerprint density at radius 2 is 2.00 bits per heavy atom. The van der Waals surface area contributed by atoms with Crippen molar-refractivity contribution in [2.24, 2.45) is 0 Å². The van der Waals surface area contributed by atoms with E-state index < -0.39 is 5.97 Å². The predicted molar refractivity (Wildman–Crippen MR) is 26.2 cm³/mol. The number of carboxylic acid groups (broad SMARTS) is 1. The summed E-state index contributed by atoms with van der Waals surface area (Å²) in [6.45, 7) is 1.84. The van der Waals surface area contributed by atoms with E-state index >= 15 is 0 Å². The van der Waals surface area contributed by atoms with Crippen molar-refractivity contribution in [1.82, 2.24) is 0 Å². The van der Waals surface area contributed by atoms with Crippen LogP contribution in [0.5, 0.6) is 0 Å². The van der Waals surface area contributed by atoms with Crippen LogP contribution in [-0.2, 0) is 4.79 Å². The Hall–Kier alpha value is 0.482. The van der Waals surface area contributed by atoms with Crippen molar-refractivity contribution in [3.8, 4) is 0 Å². The average molecular weight is 344 g/mol. The molecule has 0 unspecified atom stereocenters. The molecule has 0 amide bonds. The average Bonchev–Trinajstić information content (AvgIpc) is 1.35. The molecule has 0 aromatic heterocycles. The van der Waals surface area contributed by atoms with Crippen molar-refractivity contribution < 1.29 is 46.5 Å². The first-order valence-electron chi connectivity index (χ1n) is 1.99. The summed E-state index contributed by atoms with van der Waals surface area (Å²) >= 11 is 0. The van der Waals surface area contributed by atoms with Crippen LogP contribution in [0.1, 0.15) is 19.8 Å². The SMILES string of the molecule is CCCC(=O)O.O.[U]. The van der Waals surface area contributed by atoms with E-state index in [1.54, 1.807) is 0 Å². The Morgan fingerprint density at radius 3 is 2.00 bits per heavy atom. The molecule has 0 saturated heterocycles. The molecule has 0 saturated carbocycles. The smallest absolute Gasteiger partial charge is 0.303 e. The second-order valence-electron chi connectivity index (χ2n) is 1.14. The molecular formula is C4H10O3U. The number of carbonyl (C=O) groups is 1. The van der Waals surface area contributed by atoms with E-state index in [0.717, 1.165) is 6.42 Å². The minimum Gasteiger partial charge on any atom is -0.481 e. The first-order valence-corrected chi connectivity index (χ1v) is 1.99. The molecule has 3 nitrogen and oxygen atoms in total. The monoisotopic (exact) mass is 344 g/mol. The molecule has 4 heteroatoms. The first-order chi connectivity index (χ1) is 2.77. The van der Waals surface area contributed by atoms with Crippen molar-refractivity contribution in [2.75, 3.05) is 0 Å². The van der Waals surface area contributed by atoms with Gasteiger partial charge in [-0.05, 0) is 6.42 Å². The van der Waals surface area contributed by atoms with Crippen LogP contribution < -0.4 is 0 Å². The fourth-order valence-corrected chi connectivity index (χ4v) is 0.214. The second kappa shape index (κ2) is 10.5. The molecule has 0 aliphatic carbocycles. The van der Waals surface area contributed by atoms with Gasteiger partial charge in [-0.15, -0.1) is 0 Å². The van der Waals surface area contributed by atoms with Gasteiger partial charge < -0.3 is 10.6 Å². The summed E-state index contributed by atoms with van der Waals surface area (Å²) in [7, 11) is 0. The van der Waals surface area contributed by atoms with Gasteiger partial charge in [0.1, 0.15) is 0 Å². The number of carboxylic acids is 1. The molecule has 0 atom stereocenters. The molecule has 0 aliphatic rings. The molecule has 0 bridgehead atoms. The molecule has 48 valence electrons. The third kappa shape index (κ3) is 16.1. The van der Waals surface area contributed by atoms with Crippen molar-refractivity contribution >= 4 is 5.97 Å². The van der Waals surface area contributed by atoms with Gasteiger partial charge in [0.2, 0.25) is 0 Å². The van der Waals surface area contributed by atoms with Crippen LogP contribution in [-0.4, -0.2) is 16.6 Å². The summed E-state index contributed by atoms with van der Waals surface area (Å²) in [6.07, 6.45) is 1.02. The van der Waals surface area contributed by atoms with Gasteiger partial charge in [0.15, 0.2) is 0 Å². The standard InChI is InChI=1S/C4H8O2.H2O.U/c1-2-3-4(5)6;;/h2-3H2,1H3,(H,5,6);1H2;. The van der Waals surface area contributed by atoms with Crippen LogP contribution in [0.25, 0.3) is 0 Å². The van der Waals surface area contributed by atoms with E-state index in [1.807, 2.05) is 6.92 Å². The quantitative estimate of drug-likeness (QED) is 0.769. The van der Waals surface area contributed by atoms with Gasteiger partial charge in [-0.1, -0.05) is 6.92 Å². The molecule has 0 aromatic rings. The third-order valence-corrected chi connectivity index (χ3v) is 0.464. The van der Waals surface area contributed by atoms with E-state index in [2.05, 4.69) is 0 Å². The fraction of sp³-hybridized carbons (Fsp3) is 0.750. The third-order valence-electron chi connectivity index (χ3n) is 0.464. The summed E-state index contributed by atoms with van der Waals surface area (Å²) in [5.41, 5.74) is 0. The van der Waals surface area contributed by atoms with Gasteiger partial charge in [-0.25, -0.2) is 0 Å². The second-order valence-corrected chi connectivity index (χ2v) is 1.14. The Labute approximate surface area is 72.2 Å². The van der Waals surface area contributed by atoms with E-state index in [0.29, 0.717) is 6.42 Å². The van der Waals surface area contributed by atoms with Crippen LogP contribution in [0.3, 0.4) is 0 Å². The zero-order valence-electron chi connectivity index (χ0n) is 4.77. The van der Waals surface area contributed by atoms with Gasteiger partial charge in [0.05, 0.1) is 0 Å². The maximum atomic E-state index is 9.60. The number of hydrogen-bond acceptors (Lipinski definition) is 1. The van der Waals surface area contributed by atoms with Gasteiger partial charge in [-0.2, -0.15) is 0 Å². The van der Waals surface area contributed by atoms with Crippen LogP contribution in [0, 0.1) is 31.1 Å². The van der Waals surface area contributed by atoms with E-state index in [1.165, 1.54) is 0 Å². The molecule has 0 aromatic carbocycles. The largest absolute Gasteiger partial charge is 0.481 e. The zero-order chi connectivity index (χ0) is 4.99. The fourth-order valence-electron chi connectivity index (χ4n) is 0.214. The summed E-state index contributed by atoms with van der Waals surface area (Å²) in [5.74, 6) is -0.711. The van der Waals surface area contributed by atoms with Crippen molar-refractivity contribution in [1.29, 1.82) is 0 Å². The molecule has 0 heterocycles. The summed E-state index contributed by atoms with van der Waals surface area (Å²) < 4.78 is 0. The molecule has 0 radical (unpaired) electrons. The van der Waals surface area contributed by atoms with Crippen LogP contribution >= 0.6 is 0 Å². The molecule has 0 rings (SSSR count). The molecular weight excluding hydrogens is 334 g/mol. The van der Waals surface area contributed by atoms with Crippen molar-refractivity contribution in [3.63, 3.8) is 0 Å².